The molecule has 0 saturated heterocycles. The van der Waals surface area contributed by atoms with E-state index in [1.165, 1.54) is 0 Å². The van der Waals surface area contributed by atoms with Crippen molar-refractivity contribution in [2.24, 2.45) is 0 Å². The van der Waals surface area contributed by atoms with Crippen LogP contribution in [0.3, 0.4) is 0 Å². The minimum atomic E-state index is 0.104. The zero-order valence-electron chi connectivity index (χ0n) is 12.6. The van der Waals surface area contributed by atoms with Crippen LogP contribution < -0.4 is 10.1 Å². The lowest BCUT2D eigenvalue weighted by Crippen LogP contribution is -2.08. The topological polar surface area (TPSA) is 38.3 Å². The standard InChI is InChI=1S/C18H20ClNO2/c1-2-13-22-17-9-7-16(8-10-17)20-12-11-18(21)14-3-5-15(19)6-4-14/h3-10,20H,2,11-13H2,1H3. The first-order chi connectivity index (χ1) is 10.7. The molecule has 2 aromatic carbocycles. The van der Waals surface area contributed by atoms with E-state index >= 15 is 0 Å². The van der Waals surface area contributed by atoms with Gasteiger partial charge in [-0.15, -0.1) is 0 Å². The molecule has 116 valence electrons. The number of hydrogen-bond donors (Lipinski definition) is 1. The summed E-state index contributed by atoms with van der Waals surface area (Å²) >= 11 is 5.81. The Balaban J connectivity index is 1.78. The highest BCUT2D eigenvalue weighted by atomic mass is 35.5. The number of halogens is 1. The van der Waals surface area contributed by atoms with Gasteiger partial charge in [-0.05, 0) is 55.0 Å². The SMILES string of the molecule is CCCOc1ccc(NCCC(=O)c2ccc(Cl)cc2)cc1. The molecule has 2 rings (SSSR count). The van der Waals surface area contributed by atoms with Gasteiger partial charge in [0.15, 0.2) is 5.78 Å². The third-order valence-corrected chi connectivity index (χ3v) is 3.43. The van der Waals surface area contributed by atoms with Gasteiger partial charge < -0.3 is 10.1 Å². The van der Waals surface area contributed by atoms with Crippen LogP contribution in [0.4, 0.5) is 5.69 Å². The number of rotatable bonds is 8. The fraction of sp³-hybridized carbons (Fsp3) is 0.278. The molecular formula is C18H20ClNO2. The molecule has 0 aliphatic carbocycles. The molecule has 0 aromatic heterocycles. The molecule has 0 spiro atoms. The number of hydrogen-bond acceptors (Lipinski definition) is 3. The number of Topliss-reactive ketones (excluding diaryl/α,β-unsaturated/α-hetero) is 1. The zero-order chi connectivity index (χ0) is 15.8. The first-order valence-corrected chi connectivity index (χ1v) is 7.82. The number of ketones is 1. The minimum absolute atomic E-state index is 0.104. The normalized spacial score (nSPS) is 10.3. The molecule has 0 heterocycles. The van der Waals surface area contributed by atoms with Gasteiger partial charge in [-0.3, -0.25) is 4.79 Å². The molecule has 0 unspecified atom stereocenters. The minimum Gasteiger partial charge on any atom is -0.494 e. The van der Waals surface area contributed by atoms with Crippen molar-refractivity contribution in [3.8, 4) is 5.75 Å². The van der Waals surface area contributed by atoms with E-state index in [0.717, 1.165) is 24.5 Å². The predicted octanol–water partition coefficient (Wildman–Crippen LogP) is 4.81. The van der Waals surface area contributed by atoms with E-state index in [1.807, 2.05) is 24.3 Å². The summed E-state index contributed by atoms with van der Waals surface area (Å²) in [6.07, 6.45) is 1.43. The van der Waals surface area contributed by atoms with Gasteiger partial charge in [0.2, 0.25) is 0 Å². The van der Waals surface area contributed by atoms with Gasteiger partial charge in [0.25, 0.3) is 0 Å². The number of carbonyl (C=O) groups is 1. The van der Waals surface area contributed by atoms with Crippen LogP contribution in [-0.2, 0) is 0 Å². The maximum atomic E-state index is 12.0. The molecule has 0 atom stereocenters. The average Bonchev–Trinajstić information content (AvgIpc) is 2.54. The summed E-state index contributed by atoms with van der Waals surface area (Å²) in [4.78, 5) is 12.0. The van der Waals surface area contributed by atoms with Gasteiger partial charge >= 0.3 is 0 Å². The highest BCUT2D eigenvalue weighted by Gasteiger charge is 2.05. The lowest BCUT2D eigenvalue weighted by molar-refractivity contribution is 0.0986. The highest BCUT2D eigenvalue weighted by Crippen LogP contribution is 2.16. The Morgan fingerprint density at radius 3 is 2.41 bits per heavy atom. The lowest BCUT2D eigenvalue weighted by Gasteiger charge is -2.08. The first kappa shape index (κ1) is 16.4. The van der Waals surface area contributed by atoms with Crippen molar-refractivity contribution in [3.63, 3.8) is 0 Å². The summed E-state index contributed by atoms with van der Waals surface area (Å²) in [6.45, 7) is 3.40. The second-order valence-corrected chi connectivity index (χ2v) is 5.42. The average molecular weight is 318 g/mol. The number of anilines is 1. The van der Waals surface area contributed by atoms with Crippen LogP contribution in [0.2, 0.25) is 5.02 Å². The number of ether oxygens (including phenoxy) is 1. The Morgan fingerprint density at radius 2 is 1.77 bits per heavy atom. The molecule has 22 heavy (non-hydrogen) atoms. The van der Waals surface area contributed by atoms with Crippen LogP contribution in [-0.4, -0.2) is 18.9 Å². The van der Waals surface area contributed by atoms with E-state index in [-0.39, 0.29) is 5.78 Å². The van der Waals surface area contributed by atoms with E-state index in [2.05, 4.69) is 12.2 Å². The smallest absolute Gasteiger partial charge is 0.164 e. The molecule has 2 aromatic rings. The summed E-state index contributed by atoms with van der Waals surface area (Å²) in [5.41, 5.74) is 1.67. The van der Waals surface area contributed by atoms with Gasteiger partial charge in [0, 0.05) is 29.2 Å². The van der Waals surface area contributed by atoms with Crippen molar-refractivity contribution < 1.29 is 9.53 Å². The van der Waals surface area contributed by atoms with E-state index in [0.29, 0.717) is 23.6 Å². The van der Waals surface area contributed by atoms with Crippen LogP contribution in [0.25, 0.3) is 0 Å². The van der Waals surface area contributed by atoms with Crippen LogP contribution in [0, 0.1) is 0 Å². The molecule has 1 N–H and O–H groups in total. The Morgan fingerprint density at radius 1 is 1.09 bits per heavy atom. The third kappa shape index (κ3) is 5.08. The zero-order valence-corrected chi connectivity index (χ0v) is 13.4. The van der Waals surface area contributed by atoms with Crippen molar-refractivity contribution in [1.82, 2.24) is 0 Å². The summed E-state index contributed by atoms with van der Waals surface area (Å²) in [6, 6.07) is 14.7. The molecule has 4 heteroatoms. The van der Waals surface area contributed by atoms with Crippen LogP contribution in [0.5, 0.6) is 5.75 Å². The largest absolute Gasteiger partial charge is 0.494 e. The Bertz CT molecular complexity index is 593. The summed E-state index contributed by atoms with van der Waals surface area (Å²) in [7, 11) is 0. The molecule has 0 fully saturated rings. The number of carbonyl (C=O) groups excluding carboxylic acids is 1. The van der Waals surface area contributed by atoms with Crippen molar-refractivity contribution in [2.45, 2.75) is 19.8 Å². The predicted molar refractivity (Wildman–Crippen MR) is 91.1 cm³/mol. The Labute approximate surface area is 136 Å². The van der Waals surface area contributed by atoms with Crippen molar-refractivity contribution in [1.29, 1.82) is 0 Å². The van der Waals surface area contributed by atoms with Gasteiger partial charge in [-0.25, -0.2) is 0 Å². The van der Waals surface area contributed by atoms with Gasteiger partial charge in [-0.1, -0.05) is 18.5 Å². The monoisotopic (exact) mass is 317 g/mol. The number of benzene rings is 2. The molecule has 0 aliphatic rings. The second kappa shape index (κ2) is 8.44. The second-order valence-electron chi connectivity index (χ2n) is 4.98. The van der Waals surface area contributed by atoms with Gasteiger partial charge in [-0.2, -0.15) is 0 Å². The van der Waals surface area contributed by atoms with E-state index in [4.69, 9.17) is 16.3 Å². The molecule has 0 aliphatic heterocycles. The van der Waals surface area contributed by atoms with Gasteiger partial charge in [0.05, 0.1) is 6.61 Å². The van der Waals surface area contributed by atoms with Crippen LogP contribution in [0.1, 0.15) is 30.1 Å². The maximum absolute atomic E-state index is 12.0. The third-order valence-electron chi connectivity index (χ3n) is 3.17. The first-order valence-electron chi connectivity index (χ1n) is 7.44. The fourth-order valence-electron chi connectivity index (χ4n) is 1.99. The molecule has 0 amide bonds. The van der Waals surface area contributed by atoms with E-state index < -0.39 is 0 Å². The summed E-state index contributed by atoms with van der Waals surface area (Å²) in [5, 5.41) is 3.88. The van der Waals surface area contributed by atoms with E-state index in [1.54, 1.807) is 24.3 Å². The van der Waals surface area contributed by atoms with E-state index in [9.17, 15) is 4.79 Å². The Kier molecular flexibility index (Phi) is 6.28. The van der Waals surface area contributed by atoms with Crippen molar-refractivity contribution >= 4 is 23.1 Å². The summed E-state index contributed by atoms with van der Waals surface area (Å²) in [5.74, 6) is 0.969. The molecular weight excluding hydrogens is 298 g/mol. The lowest BCUT2D eigenvalue weighted by atomic mass is 10.1. The maximum Gasteiger partial charge on any atom is 0.164 e. The molecule has 0 bridgehead atoms. The highest BCUT2D eigenvalue weighted by molar-refractivity contribution is 6.30. The number of nitrogens with one attached hydrogen (secondary N) is 1. The van der Waals surface area contributed by atoms with Gasteiger partial charge in [0.1, 0.15) is 5.75 Å². The molecule has 0 saturated carbocycles. The quantitative estimate of drug-likeness (QED) is 0.710. The van der Waals surface area contributed by atoms with Crippen LogP contribution in [0.15, 0.2) is 48.5 Å². The molecule has 0 radical (unpaired) electrons. The molecule has 3 nitrogen and oxygen atoms in total. The Hall–Kier alpha value is -2.00. The van der Waals surface area contributed by atoms with Crippen LogP contribution >= 0.6 is 11.6 Å². The summed E-state index contributed by atoms with van der Waals surface area (Å²) < 4.78 is 5.53. The van der Waals surface area contributed by atoms with Crippen molar-refractivity contribution in [3.05, 3.63) is 59.1 Å². The van der Waals surface area contributed by atoms with Crippen molar-refractivity contribution in [2.75, 3.05) is 18.5 Å². The fourth-order valence-corrected chi connectivity index (χ4v) is 2.12.